The largest absolute Gasteiger partial charge is 0.370 e. The van der Waals surface area contributed by atoms with Gasteiger partial charge in [-0.3, -0.25) is 4.99 Å². The van der Waals surface area contributed by atoms with Gasteiger partial charge in [-0.1, -0.05) is 19.3 Å². The molecule has 0 bridgehead atoms. The first-order valence-corrected chi connectivity index (χ1v) is 7.40. The molecular formula is C14H23N3. The van der Waals surface area contributed by atoms with Gasteiger partial charge in [-0.05, 0) is 43.9 Å². The molecule has 3 atom stereocenters. The Hall–Kier alpha value is -0.730. The Bertz CT molecular complexity index is 358. The second-order valence-corrected chi connectivity index (χ2v) is 6.58. The van der Waals surface area contributed by atoms with Gasteiger partial charge in [0.15, 0.2) is 5.96 Å². The molecule has 0 saturated heterocycles. The molecule has 1 heterocycles. The summed E-state index contributed by atoms with van der Waals surface area (Å²) < 4.78 is 0. The van der Waals surface area contributed by atoms with Gasteiger partial charge in [-0.15, -0.1) is 0 Å². The summed E-state index contributed by atoms with van der Waals surface area (Å²) in [6, 6.07) is 0.709. The molecule has 0 aromatic carbocycles. The van der Waals surface area contributed by atoms with Crippen molar-refractivity contribution in [2.45, 2.75) is 62.9 Å². The predicted molar refractivity (Wildman–Crippen MR) is 68.8 cm³/mol. The molecule has 1 spiro atoms. The van der Waals surface area contributed by atoms with Crippen molar-refractivity contribution in [2.24, 2.45) is 22.6 Å². The van der Waals surface area contributed by atoms with Crippen molar-refractivity contribution >= 4 is 5.96 Å². The molecule has 3 saturated carbocycles. The van der Waals surface area contributed by atoms with E-state index in [-0.39, 0.29) is 0 Å². The number of rotatable bonds is 1. The van der Waals surface area contributed by atoms with Crippen LogP contribution in [0.5, 0.6) is 0 Å². The van der Waals surface area contributed by atoms with Crippen molar-refractivity contribution in [3.05, 3.63) is 0 Å². The van der Waals surface area contributed by atoms with E-state index in [4.69, 9.17) is 5.73 Å². The van der Waals surface area contributed by atoms with E-state index in [2.05, 4.69) is 9.89 Å². The van der Waals surface area contributed by atoms with Crippen molar-refractivity contribution in [3.8, 4) is 0 Å². The molecule has 4 rings (SSSR count). The normalized spacial score (nSPS) is 45.2. The molecule has 2 N–H and O–H groups in total. The lowest BCUT2D eigenvalue weighted by Crippen LogP contribution is -2.58. The molecule has 17 heavy (non-hydrogen) atoms. The van der Waals surface area contributed by atoms with Crippen LogP contribution in [0.15, 0.2) is 4.99 Å². The van der Waals surface area contributed by atoms with E-state index in [1.807, 2.05) is 0 Å². The number of guanidine groups is 1. The molecule has 1 aliphatic heterocycles. The van der Waals surface area contributed by atoms with Gasteiger partial charge >= 0.3 is 0 Å². The second-order valence-electron chi connectivity index (χ2n) is 6.58. The number of nitrogens with zero attached hydrogens (tertiary/aromatic N) is 2. The topological polar surface area (TPSA) is 41.6 Å². The highest BCUT2D eigenvalue weighted by Gasteiger charge is 2.60. The van der Waals surface area contributed by atoms with E-state index in [9.17, 15) is 0 Å². The summed E-state index contributed by atoms with van der Waals surface area (Å²) in [4.78, 5) is 7.22. The number of nitrogens with two attached hydrogens (primary N) is 1. The monoisotopic (exact) mass is 233 g/mol. The lowest BCUT2D eigenvalue weighted by molar-refractivity contribution is 0.0899. The van der Waals surface area contributed by atoms with Crippen LogP contribution < -0.4 is 5.73 Å². The number of hydrogen-bond acceptors (Lipinski definition) is 3. The summed E-state index contributed by atoms with van der Waals surface area (Å²) in [5, 5.41) is 0. The van der Waals surface area contributed by atoms with Crippen molar-refractivity contribution in [1.82, 2.24) is 4.90 Å². The molecular weight excluding hydrogens is 210 g/mol. The molecule has 0 amide bonds. The SMILES string of the molecule is NC1=NCC2(CCCC3CC32)N1C1CCCC1. The molecule has 4 aliphatic rings. The fourth-order valence-corrected chi connectivity index (χ4v) is 4.89. The second kappa shape index (κ2) is 3.39. The maximum Gasteiger partial charge on any atom is 0.192 e. The van der Waals surface area contributed by atoms with Crippen LogP contribution in [0.4, 0.5) is 0 Å². The zero-order chi connectivity index (χ0) is 11.5. The van der Waals surface area contributed by atoms with Gasteiger partial charge in [-0.2, -0.15) is 0 Å². The standard InChI is InChI=1S/C14H23N3/c15-13-16-9-14(7-3-4-10-8-12(10)14)17(13)11-5-1-2-6-11/h10-12H,1-9H2,(H2,15,16). The average molecular weight is 233 g/mol. The summed E-state index contributed by atoms with van der Waals surface area (Å²) >= 11 is 0. The Balaban J connectivity index is 1.66. The Morgan fingerprint density at radius 3 is 2.82 bits per heavy atom. The van der Waals surface area contributed by atoms with Gasteiger partial charge < -0.3 is 10.6 Å². The predicted octanol–water partition coefficient (Wildman–Crippen LogP) is 2.12. The Kier molecular flexibility index (Phi) is 2.04. The van der Waals surface area contributed by atoms with E-state index < -0.39 is 0 Å². The van der Waals surface area contributed by atoms with E-state index in [0.717, 1.165) is 24.3 Å². The van der Waals surface area contributed by atoms with Crippen LogP contribution in [-0.4, -0.2) is 29.0 Å². The lowest BCUT2D eigenvalue weighted by atomic mass is 9.79. The van der Waals surface area contributed by atoms with Crippen LogP contribution in [-0.2, 0) is 0 Å². The van der Waals surface area contributed by atoms with Gasteiger partial charge in [0, 0.05) is 6.04 Å². The van der Waals surface area contributed by atoms with Gasteiger partial charge in [0.1, 0.15) is 0 Å². The number of aliphatic imine (C=N–C) groups is 1. The molecule has 0 aromatic rings. The molecule has 3 unspecified atom stereocenters. The van der Waals surface area contributed by atoms with Gasteiger partial charge in [0.25, 0.3) is 0 Å². The minimum Gasteiger partial charge on any atom is -0.370 e. The first-order chi connectivity index (χ1) is 8.31. The molecule has 3 fully saturated rings. The third-order valence-electron chi connectivity index (χ3n) is 5.73. The van der Waals surface area contributed by atoms with Crippen LogP contribution in [0.2, 0.25) is 0 Å². The smallest absolute Gasteiger partial charge is 0.192 e. The fraction of sp³-hybridized carbons (Fsp3) is 0.929. The number of fused-ring (bicyclic) bond motifs is 2. The van der Waals surface area contributed by atoms with E-state index in [0.29, 0.717) is 11.6 Å². The molecule has 3 heteroatoms. The highest BCUT2D eigenvalue weighted by Crippen LogP contribution is 2.59. The Labute approximate surface area is 103 Å². The maximum atomic E-state index is 6.22. The first kappa shape index (κ1) is 10.2. The maximum absolute atomic E-state index is 6.22. The fourth-order valence-electron chi connectivity index (χ4n) is 4.89. The molecule has 3 aliphatic carbocycles. The Morgan fingerprint density at radius 1 is 1.18 bits per heavy atom. The molecule has 3 nitrogen and oxygen atoms in total. The van der Waals surface area contributed by atoms with Crippen molar-refractivity contribution in [1.29, 1.82) is 0 Å². The Morgan fingerprint density at radius 2 is 2.00 bits per heavy atom. The van der Waals surface area contributed by atoms with Crippen LogP contribution in [0.25, 0.3) is 0 Å². The summed E-state index contributed by atoms with van der Waals surface area (Å²) in [6.45, 7) is 0.997. The minimum absolute atomic E-state index is 0.363. The average Bonchev–Trinajstić information content (AvgIpc) is 2.82. The van der Waals surface area contributed by atoms with Crippen LogP contribution in [0, 0.1) is 11.8 Å². The summed E-state index contributed by atoms with van der Waals surface area (Å²) in [6.07, 6.45) is 11.1. The zero-order valence-corrected chi connectivity index (χ0v) is 10.6. The number of hydrogen-bond donors (Lipinski definition) is 1. The summed E-state index contributed by atoms with van der Waals surface area (Å²) in [5.74, 6) is 2.79. The molecule has 94 valence electrons. The van der Waals surface area contributed by atoms with Crippen molar-refractivity contribution in [3.63, 3.8) is 0 Å². The first-order valence-electron chi connectivity index (χ1n) is 7.40. The van der Waals surface area contributed by atoms with Crippen molar-refractivity contribution < 1.29 is 0 Å². The van der Waals surface area contributed by atoms with E-state index in [1.54, 1.807) is 0 Å². The third kappa shape index (κ3) is 1.31. The van der Waals surface area contributed by atoms with Crippen LogP contribution in [0.3, 0.4) is 0 Å². The third-order valence-corrected chi connectivity index (χ3v) is 5.73. The summed E-state index contributed by atoms with van der Waals surface area (Å²) in [7, 11) is 0. The van der Waals surface area contributed by atoms with Crippen molar-refractivity contribution in [2.75, 3.05) is 6.54 Å². The van der Waals surface area contributed by atoms with Crippen LogP contribution in [0.1, 0.15) is 51.4 Å². The van der Waals surface area contributed by atoms with Gasteiger partial charge in [0.2, 0.25) is 0 Å². The minimum atomic E-state index is 0.363. The summed E-state index contributed by atoms with van der Waals surface area (Å²) in [5.41, 5.74) is 6.58. The van der Waals surface area contributed by atoms with Gasteiger partial charge in [-0.25, -0.2) is 0 Å². The quantitative estimate of drug-likeness (QED) is 0.753. The van der Waals surface area contributed by atoms with Gasteiger partial charge in [0.05, 0.1) is 12.1 Å². The molecule has 0 radical (unpaired) electrons. The lowest BCUT2D eigenvalue weighted by Gasteiger charge is -2.45. The highest BCUT2D eigenvalue weighted by molar-refractivity contribution is 5.81. The van der Waals surface area contributed by atoms with E-state index >= 15 is 0 Å². The zero-order valence-electron chi connectivity index (χ0n) is 10.6. The van der Waals surface area contributed by atoms with E-state index in [1.165, 1.54) is 51.4 Å². The van der Waals surface area contributed by atoms with Crippen LogP contribution >= 0.6 is 0 Å². The molecule has 0 aromatic heterocycles. The highest BCUT2D eigenvalue weighted by atomic mass is 15.4.